The summed E-state index contributed by atoms with van der Waals surface area (Å²) in [5.74, 6) is 0. The van der Waals surface area contributed by atoms with Crippen molar-refractivity contribution in [3.63, 3.8) is 0 Å². The molecule has 26 heavy (non-hydrogen) atoms. The van der Waals surface area contributed by atoms with Crippen LogP contribution in [0.15, 0.2) is 41.5 Å². The number of allylic oxidation sites excluding steroid dienone is 3. The van der Waals surface area contributed by atoms with Crippen LogP contribution in [0.2, 0.25) is 0 Å². The number of aromatic nitrogens is 2. The fourth-order valence-corrected chi connectivity index (χ4v) is 4.02. The molecule has 0 aliphatic carbocycles. The van der Waals surface area contributed by atoms with Crippen molar-refractivity contribution in [2.75, 3.05) is 6.54 Å². The molecule has 1 atom stereocenters. The van der Waals surface area contributed by atoms with Gasteiger partial charge in [-0.15, -0.1) is 0 Å². The second kappa shape index (κ2) is 8.36. The Bertz CT molecular complexity index is 880. The van der Waals surface area contributed by atoms with Crippen LogP contribution in [0.4, 0.5) is 0 Å². The van der Waals surface area contributed by atoms with Gasteiger partial charge in [0.2, 0.25) is 0 Å². The summed E-state index contributed by atoms with van der Waals surface area (Å²) in [6, 6.07) is 6.96. The molecule has 1 aliphatic heterocycles. The zero-order valence-corrected chi connectivity index (χ0v) is 17.3. The number of nitrogens with zero attached hydrogens (tertiary/aromatic N) is 2. The van der Waals surface area contributed by atoms with Gasteiger partial charge in [-0.25, -0.2) is 0 Å². The summed E-state index contributed by atoms with van der Waals surface area (Å²) in [5, 5.41) is 0. The number of hydrogen-bond donors (Lipinski definition) is 1. The van der Waals surface area contributed by atoms with Crippen LogP contribution in [0.25, 0.3) is 11.0 Å². The zero-order chi connectivity index (χ0) is 18.7. The zero-order valence-electron chi connectivity index (χ0n) is 16.5. The van der Waals surface area contributed by atoms with Crippen LogP contribution in [0, 0.1) is 4.77 Å². The highest BCUT2D eigenvalue weighted by Crippen LogP contribution is 2.25. The van der Waals surface area contributed by atoms with E-state index in [1.807, 2.05) is 0 Å². The smallest absolute Gasteiger partial charge is 0.178 e. The SMILES string of the molecule is CC(C)=CCCC/C(C)=C/CN1Cc2cccc3[nH]c(=S)n(c23)CC1C. The predicted molar refractivity (Wildman–Crippen MR) is 114 cm³/mol. The second-order valence-electron chi connectivity index (χ2n) is 7.86. The lowest BCUT2D eigenvalue weighted by Gasteiger charge is -2.26. The first-order chi connectivity index (χ1) is 12.5. The number of rotatable bonds is 6. The summed E-state index contributed by atoms with van der Waals surface area (Å²) >= 11 is 5.55. The molecule has 140 valence electrons. The van der Waals surface area contributed by atoms with Gasteiger partial charge < -0.3 is 9.55 Å². The Balaban J connectivity index is 1.69. The van der Waals surface area contributed by atoms with E-state index >= 15 is 0 Å². The predicted octanol–water partition coefficient (Wildman–Crippen LogP) is 5.99. The molecule has 0 saturated carbocycles. The monoisotopic (exact) mass is 369 g/mol. The van der Waals surface area contributed by atoms with E-state index < -0.39 is 0 Å². The van der Waals surface area contributed by atoms with Gasteiger partial charge in [-0.3, -0.25) is 4.90 Å². The lowest BCUT2D eigenvalue weighted by molar-refractivity contribution is 0.210. The molecule has 1 aromatic heterocycles. The first-order valence-corrected chi connectivity index (χ1v) is 10.1. The minimum absolute atomic E-state index is 0.461. The lowest BCUT2D eigenvalue weighted by atomic mass is 10.1. The minimum atomic E-state index is 0.461. The average molecular weight is 370 g/mol. The van der Waals surface area contributed by atoms with Gasteiger partial charge in [0.25, 0.3) is 0 Å². The molecule has 1 aliphatic rings. The Kier molecular flexibility index (Phi) is 6.15. The summed E-state index contributed by atoms with van der Waals surface area (Å²) in [5.41, 5.74) is 6.73. The largest absolute Gasteiger partial charge is 0.331 e. The Morgan fingerprint density at radius 1 is 1.27 bits per heavy atom. The molecule has 0 saturated heterocycles. The van der Waals surface area contributed by atoms with Gasteiger partial charge in [0.05, 0.1) is 11.0 Å². The van der Waals surface area contributed by atoms with E-state index in [0.717, 1.165) is 29.9 Å². The molecule has 1 N–H and O–H groups in total. The second-order valence-corrected chi connectivity index (χ2v) is 8.24. The van der Waals surface area contributed by atoms with E-state index in [4.69, 9.17) is 12.2 Å². The van der Waals surface area contributed by atoms with Gasteiger partial charge in [0.15, 0.2) is 4.77 Å². The molecule has 3 nitrogen and oxygen atoms in total. The van der Waals surface area contributed by atoms with E-state index in [9.17, 15) is 0 Å². The van der Waals surface area contributed by atoms with Gasteiger partial charge in [-0.2, -0.15) is 0 Å². The summed E-state index contributed by atoms with van der Waals surface area (Å²) in [6.45, 7) is 11.9. The third-order valence-corrected chi connectivity index (χ3v) is 5.64. The van der Waals surface area contributed by atoms with E-state index in [0.29, 0.717) is 6.04 Å². The molecule has 0 spiro atoms. The van der Waals surface area contributed by atoms with E-state index in [1.165, 1.54) is 41.5 Å². The number of nitrogens with one attached hydrogen (secondary N) is 1. The van der Waals surface area contributed by atoms with Crippen LogP contribution >= 0.6 is 12.2 Å². The number of imidazole rings is 1. The van der Waals surface area contributed by atoms with E-state index in [-0.39, 0.29) is 0 Å². The van der Waals surface area contributed by atoms with Crippen molar-refractivity contribution >= 4 is 23.3 Å². The van der Waals surface area contributed by atoms with Gasteiger partial charge in [-0.1, -0.05) is 35.4 Å². The molecule has 4 heteroatoms. The quantitative estimate of drug-likeness (QED) is 0.384. The van der Waals surface area contributed by atoms with Gasteiger partial charge >= 0.3 is 0 Å². The molecule has 0 amide bonds. The van der Waals surface area contributed by atoms with Crippen molar-refractivity contribution in [2.24, 2.45) is 0 Å². The number of para-hydroxylation sites is 1. The maximum Gasteiger partial charge on any atom is 0.178 e. The fraction of sp³-hybridized carbons (Fsp3) is 0.500. The number of H-pyrrole nitrogens is 1. The summed E-state index contributed by atoms with van der Waals surface area (Å²) in [6.07, 6.45) is 8.36. The molecular weight excluding hydrogens is 338 g/mol. The number of unbranched alkanes of at least 4 members (excludes halogenated alkanes) is 1. The van der Waals surface area contributed by atoms with Crippen LogP contribution in [-0.2, 0) is 13.1 Å². The van der Waals surface area contributed by atoms with Crippen LogP contribution in [0.5, 0.6) is 0 Å². The molecule has 3 rings (SSSR count). The topological polar surface area (TPSA) is 24.0 Å². The molecule has 0 radical (unpaired) electrons. The van der Waals surface area contributed by atoms with Crippen molar-refractivity contribution in [3.8, 4) is 0 Å². The van der Waals surface area contributed by atoms with Crippen molar-refractivity contribution in [2.45, 2.75) is 66.1 Å². The molecule has 0 fully saturated rings. The summed E-state index contributed by atoms with van der Waals surface area (Å²) < 4.78 is 3.12. The Labute approximate surface area is 162 Å². The Hall–Kier alpha value is -1.65. The van der Waals surface area contributed by atoms with Crippen LogP contribution in [0.3, 0.4) is 0 Å². The maximum atomic E-state index is 5.55. The summed E-state index contributed by atoms with van der Waals surface area (Å²) in [4.78, 5) is 5.92. The number of benzene rings is 1. The van der Waals surface area contributed by atoms with E-state index in [1.54, 1.807) is 0 Å². The first kappa shape index (κ1) is 19.1. The molecular formula is C22H31N3S. The number of hydrogen-bond acceptors (Lipinski definition) is 2. The van der Waals surface area contributed by atoms with Crippen molar-refractivity contribution in [3.05, 3.63) is 51.8 Å². The third-order valence-electron chi connectivity index (χ3n) is 5.32. The highest BCUT2D eigenvalue weighted by Gasteiger charge is 2.22. The first-order valence-electron chi connectivity index (χ1n) is 9.69. The molecule has 2 aromatic rings. The highest BCUT2D eigenvalue weighted by atomic mass is 32.1. The van der Waals surface area contributed by atoms with Gasteiger partial charge in [-0.05, 0) is 70.8 Å². The van der Waals surface area contributed by atoms with Crippen LogP contribution in [0.1, 0.15) is 52.5 Å². The average Bonchev–Trinajstić information content (AvgIpc) is 2.82. The standard InChI is InChI=1S/C22H31N3S/c1-16(2)8-5-6-9-17(3)12-13-24-15-19-10-7-11-20-21(19)25(14-18(24)4)22(26)23-20/h7-8,10-12,18H,5-6,9,13-15H2,1-4H3,(H,23,26)/b17-12+. The van der Waals surface area contributed by atoms with Crippen LogP contribution < -0.4 is 0 Å². The van der Waals surface area contributed by atoms with Crippen molar-refractivity contribution < 1.29 is 0 Å². The Morgan fingerprint density at radius 2 is 2.08 bits per heavy atom. The van der Waals surface area contributed by atoms with Crippen molar-refractivity contribution in [1.29, 1.82) is 0 Å². The molecule has 1 unspecified atom stereocenters. The molecule has 0 bridgehead atoms. The normalized spacial score (nSPS) is 18.2. The third kappa shape index (κ3) is 4.36. The summed E-state index contributed by atoms with van der Waals surface area (Å²) in [7, 11) is 0. The minimum Gasteiger partial charge on any atom is -0.331 e. The van der Waals surface area contributed by atoms with Gasteiger partial charge in [0.1, 0.15) is 0 Å². The molecule has 2 heterocycles. The van der Waals surface area contributed by atoms with Gasteiger partial charge in [0, 0.05) is 25.7 Å². The van der Waals surface area contributed by atoms with E-state index in [2.05, 4.69) is 72.5 Å². The fourth-order valence-electron chi connectivity index (χ4n) is 3.74. The Morgan fingerprint density at radius 3 is 2.85 bits per heavy atom. The van der Waals surface area contributed by atoms with Crippen LogP contribution in [-0.4, -0.2) is 27.0 Å². The lowest BCUT2D eigenvalue weighted by Crippen LogP contribution is -2.34. The molecule has 1 aromatic carbocycles. The number of aromatic amines is 1. The highest BCUT2D eigenvalue weighted by molar-refractivity contribution is 7.71. The van der Waals surface area contributed by atoms with Crippen molar-refractivity contribution in [1.82, 2.24) is 14.5 Å². The maximum absolute atomic E-state index is 5.55.